The summed E-state index contributed by atoms with van der Waals surface area (Å²) in [6.45, 7) is 8.39. The second-order valence-corrected chi connectivity index (χ2v) is 7.90. The molecule has 30 heavy (non-hydrogen) atoms. The first-order valence-electron chi connectivity index (χ1n) is 10.7. The molecule has 1 aliphatic rings. The van der Waals surface area contributed by atoms with E-state index in [0.29, 0.717) is 11.7 Å². The first-order valence-corrected chi connectivity index (χ1v) is 10.7. The van der Waals surface area contributed by atoms with E-state index in [1.54, 1.807) is 13.0 Å². The molecule has 0 aliphatic carbocycles. The van der Waals surface area contributed by atoms with Crippen LogP contribution in [0.5, 0.6) is 0 Å². The van der Waals surface area contributed by atoms with Gasteiger partial charge in [-0.1, -0.05) is 6.42 Å². The zero-order chi connectivity index (χ0) is 20.7. The van der Waals surface area contributed by atoms with Crippen LogP contribution in [0.1, 0.15) is 62.7 Å². The average Bonchev–Trinajstić information content (AvgIpc) is 3.23. The van der Waals surface area contributed by atoms with Crippen LogP contribution in [0.25, 0.3) is 0 Å². The third-order valence-electron chi connectivity index (χ3n) is 5.22. The van der Waals surface area contributed by atoms with E-state index in [2.05, 4.69) is 30.4 Å². The van der Waals surface area contributed by atoms with E-state index in [9.17, 15) is 5.11 Å². The van der Waals surface area contributed by atoms with E-state index < -0.39 is 5.60 Å². The number of guanidine groups is 1. The van der Waals surface area contributed by atoms with Crippen LogP contribution in [-0.2, 0) is 25.0 Å². The van der Waals surface area contributed by atoms with Crippen molar-refractivity contribution < 1.29 is 9.52 Å². The Morgan fingerprint density at radius 1 is 1.27 bits per heavy atom. The molecule has 0 radical (unpaired) electrons. The Labute approximate surface area is 196 Å². The van der Waals surface area contributed by atoms with Crippen LogP contribution in [0.4, 0.5) is 0 Å². The third-order valence-corrected chi connectivity index (χ3v) is 5.22. The molecule has 0 spiro atoms. The second kappa shape index (κ2) is 11.7. The van der Waals surface area contributed by atoms with E-state index in [1.807, 2.05) is 19.9 Å². The first-order chi connectivity index (χ1) is 14.0. The quantitative estimate of drug-likeness (QED) is 0.210. The van der Waals surface area contributed by atoms with Crippen molar-refractivity contribution in [2.45, 2.75) is 71.4 Å². The summed E-state index contributed by atoms with van der Waals surface area (Å²) >= 11 is 0. The Morgan fingerprint density at radius 2 is 2.10 bits per heavy atom. The average molecular weight is 530 g/mol. The van der Waals surface area contributed by atoms with Gasteiger partial charge in [0.1, 0.15) is 28.8 Å². The molecule has 3 rings (SSSR count). The van der Waals surface area contributed by atoms with Crippen molar-refractivity contribution in [2.75, 3.05) is 19.6 Å². The summed E-state index contributed by atoms with van der Waals surface area (Å²) in [5.41, 5.74) is -1.14. The van der Waals surface area contributed by atoms with Crippen LogP contribution in [-0.4, -0.2) is 45.5 Å². The molecule has 0 fully saturated rings. The van der Waals surface area contributed by atoms with Crippen LogP contribution in [0.3, 0.4) is 0 Å². The maximum absolute atomic E-state index is 10.7. The maximum Gasteiger partial charge on any atom is 0.191 e. The van der Waals surface area contributed by atoms with E-state index in [1.165, 1.54) is 19.3 Å². The Bertz CT molecular complexity index is 814. The van der Waals surface area contributed by atoms with E-state index in [-0.39, 0.29) is 30.5 Å². The lowest BCUT2D eigenvalue weighted by Gasteiger charge is -2.19. The Balaban J connectivity index is 0.00000320. The first kappa shape index (κ1) is 24.6. The second-order valence-electron chi connectivity index (χ2n) is 7.90. The van der Waals surface area contributed by atoms with Gasteiger partial charge in [0.15, 0.2) is 5.96 Å². The lowest BCUT2D eigenvalue weighted by Crippen LogP contribution is -2.39. The highest BCUT2D eigenvalue weighted by atomic mass is 127. The number of furan rings is 1. The zero-order valence-corrected chi connectivity index (χ0v) is 20.6. The molecule has 0 aromatic carbocycles. The van der Waals surface area contributed by atoms with Crippen LogP contribution in [0.2, 0.25) is 0 Å². The maximum atomic E-state index is 10.7. The highest BCUT2D eigenvalue weighted by Crippen LogP contribution is 2.23. The molecule has 3 N–H and O–H groups in total. The highest BCUT2D eigenvalue weighted by molar-refractivity contribution is 14.0. The van der Waals surface area contributed by atoms with E-state index in [4.69, 9.17) is 4.42 Å². The molecule has 9 heteroatoms. The molecule has 2 aromatic heterocycles. The topological polar surface area (TPSA) is 100 Å². The standard InChI is InChI=1S/C21H34N6O2.HI/c1-4-22-20(24-15-21(3,28)17-12-11-16(2)29-17)23-13-8-10-19-26-25-18-9-6-5-7-14-27(18)19;/h11-12,28H,4-10,13-15H2,1-3H3,(H2,22,23,24);1H. The molecular weight excluding hydrogens is 495 g/mol. The molecule has 2 aromatic rings. The number of aryl methyl sites for hydroxylation is 3. The summed E-state index contributed by atoms with van der Waals surface area (Å²) < 4.78 is 7.86. The molecule has 3 heterocycles. The summed E-state index contributed by atoms with van der Waals surface area (Å²) in [5.74, 6) is 4.22. The number of aliphatic imine (C=N–C) groups is 1. The van der Waals surface area contributed by atoms with Crippen LogP contribution >= 0.6 is 24.0 Å². The van der Waals surface area contributed by atoms with E-state index >= 15 is 0 Å². The Kier molecular flexibility index (Phi) is 9.60. The molecule has 168 valence electrons. The molecule has 0 amide bonds. The summed E-state index contributed by atoms with van der Waals surface area (Å²) in [6.07, 6.45) is 6.57. The van der Waals surface area contributed by atoms with Gasteiger partial charge in [-0.3, -0.25) is 0 Å². The fourth-order valence-corrected chi connectivity index (χ4v) is 3.56. The van der Waals surface area contributed by atoms with Crippen LogP contribution in [0.15, 0.2) is 21.5 Å². The molecule has 1 atom stereocenters. The van der Waals surface area contributed by atoms with Crippen molar-refractivity contribution in [1.82, 2.24) is 25.4 Å². The molecule has 0 saturated heterocycles. The number of aliphatic hydroxyl groups is 1. The van der Waals surface area contributed by atoms with Crippen molar-refractivity contribution >= 4 is 29.9 Å². The van der Waals surface area contributed by atoms with E-state index in [0.717, 1.165) is 56.3 Å². The van der Waals surface area contributed by atoms with Crippen LogP contribution < -0.4 is 10.6 Å². The van der Waals surface area contributed by atoms with Crippen LogP contribution in [0, 0.1) is 6.92 Å². The summed E-state index contributed by atoms with van der Waals surface area (Å²) in [7, 11) is 0. The number of nitrogens with one attached hydrogen (secondary N) is 2. The van der Waals surface area contributed by atoms with Crippen molar-refractivity contribution in [3.8, 4) is 0 Å². The minimum Gasteiger partial charge on any atom is -0.463 e. The minimum atomic E-state index is -1.14. The largest absolute Gasteiger partial charge is 0.463 e. The summed E-state index contributed by atoms with van der Waals surface area (Å²) in [4.78, 5) is 4.54. The normalized spacial score (nSPS) is 16.2. The van der Waals surface area contributed by atoms with Gasteiger partial charge in [0.05, 0.1) is 6.54 Å². The van der Waals surface area contributed by atoms with Crippen molar-refractivity contribution in [1.29, 1.82) is 0 Å². The monoisotopic (exact) mass is 530 g/mol. The molecule has 0 saturated carbocycles. The number of fused-ring (bicyclic) bond motifs is 1. The molecule has 8 nitrogen and oxygen atoms in total. The minimum absolute atomic E-state index is 0. The molecule has 1 unspecified atom stereocenters. The van der Waals surface area contributed by atoms with Gasteiger partial charge in [0, 0.05) is 32.5 Å². The van der Waals surface area contributed by atoms with Crippen molar-refractivity contribution in [2.24, 2.45) is 4.99 Å². The molecule has 0 bridgehead atoms. The SMILES string of the molecule is CCNC(=NCC(C)(O)c1ccc(C)o1)NCCCc1nnc2n1CCCCC2.I. The van der Waals surface area contributed by atoms with Gasteiger partial charge in [-0.15, -0.1) is 34.2 Å². The number of hydrogen-bond donors (Lipinski definition) is 3. The third kappa shape index (κ3) is 6.69. The predicted molar refractivity (Wildman–Crippen MR) is 128 cm³/mol. The number of aromatic nitrogens is 3. The fourth-order valence-electron chi connectivity index (χ4n) is 3.56. The van der Waals surface area contributed by atoms with Gasteiger partial charge in [-0.2, -0.15) is 0 Å². The predicted octanol–water partition coefficient (Wildman–Crippen LogP) is 2.92. The van der Waals surface area contributed by atoms with Crippen molar-refractivity contribution in [3.63, 3.8) is 0 Å². The van der Waals surface area contributed by atoms with Gasteiger partial charge in [-0.25, -0.2) is 4.99 Å². The number of halogens is 1. The van der Waals surface area contributed by atoms with Crippen molar-refractivity contribution in [3.05, 3.63) is 35.3 Å². The van der Waals surface area contributed by atoms with Gasteiger partial charge in [0.25, 0.3) is 0 Å². The molecular formula is C21H35IN6O2. The lowest BCUT2D eigenvalue weighted by atomic mass is 10.0. The Morgan fingerprint density at radius 3 is 2.83 bits per heavy atom. The fraction of sp³-hybridized carbons (Fsp3) is 0.667. The van der Waals surface area contributed by atoms with Gasteiger partial charge in [0.2, 0.25) is 0 Å². The number of nitrogens with zero attached hydrogens (tertiary/aromatic N) is 4. The number of hydrogen-bond acceptors (Lipinski definition) is 5. The smallest absolute Gasteiger partial charge is 0.191 e. The zero-order valence-electron chi connectivity index (χ0n) is 18.3. The lowest BCUT2D eigenvalue weighted by molar-refractivity contribution is 0.0428. The summed E-state index contributed by atoms with van der Waals surface area (Å²) in [6, 6.07) is 3.65. The number of rotatable bonds is 8. The van der Waals surface area contributed by atoms with Gasteiger partial charge < -0.3 is 24.7 Å². The summed E-state index contributed by atoms with van der Waals surface area (Å²) in [5, 5.41) is 26.0. The van der Waals surface area contributed by atoms with Gasteiger partial charge in [-0.05, 0) is 52.2 Å². The van der Waals surface area contributed by atoms with Gasteiger partial charge >= 0.3 is 0 Å². The molecule has 1 aliphatic heterocycles. The highest BCUT2D eigenvalue weighted by Gasteiger charge is 2.26. The Hall–Kier alpha value is -1.62.